The maximum absolute atomic E-state index is 2.60. The molecule has 2 aliphatic carbocycles. The van der Waals surface area contributed by atoms with Crippen LogP contribution in [-0.2, 0) is 6.42 Å². The Morgan fingerprint density at radius 3 is 2.38 bits per heavy atom. The zero-order chi connectivity index (χ0) is 19.7. The molecular weight excluding hydrogens is 578 g/mol. The van der Waals surface area contributed by atoms with Crippen molar-refractivity contribution in [1.82, 2.24) is 0 Å². The van der Waals surface area contributed by atoms with Gasteiger partial charge in [0, 0.05) is 18.8 Å². The van der Waals surface area contributed by atoms with Crippen LogP contribution in [0.15, 0.2) is 54.6 Å². The van der Waals surface area contributed by atoms with E-state index in [-0.39, 0.29) is 0 Å². The van der Waals surface area contributed by atoms with Gasteiger partial charge >= 0.3 is 0 Å². The Morgan fingerprint density at radius 1 is 0.862 bits per heavy atom. The molecule has 0 N–H and O–H groups in total. The lowest BCUT2D eigenvalue weighted by atomic mass is 9.86. The molecule has 2 heteroatoms. The normalized spacial score (nSPS) is 17.6. The number of rotatable bonds is 3. The lowest BCUT2D eigenvalue weighted by molar-refractivity contribution is 0.855. The SMILES string of the molecule is CCC(I)c1ccc2c3c(cccc13)CC2c1ccc2c3c(ccc(I)c13)C=C2. The number of alkyl halides is 1. The van der Waals surface area contributed by atoms with Crippen molar-refractivity contribution < 1.29 is 0 Å². The van der Waals surface area contributed by atoms with Gasteiger partial charge in [0.05, 0.1) is 0 Å². The molecule has 0 aliphatic heterocycles. The molecule has 0 fully saturated rings. The van der Waals surface area contributed by atoms with E-state index in [9.17, 15) is 0 Å². The third-order valence-electron chi connectivity index (χ3n) is 6.71. The molecule has 0 radical (unpaired) electrons. The maximum atomic E-state index is 2.60. The van der Waals surface area contributed by atoms with Crippen molar-refractivity contribution in [2.24, 2.45) is 0 Å². The van der Waals surface area contributed by atoms with Gasteiger partial charge in [0.15, 0.2) is 0 Å². The highest BCUT2D eigenvalue weighted by molar-refractivity contribution is 14.1. The highest BCUT2D eigenvalue weighted by Gasteiger charge is 2.29. The Bertz CT molecular complexity index is 1330. The molecule has 0 saturated heterocycles. The van der Waals surface area contributed by atoms with Crippen LogP contribution in [0.4, 0.5) is 0 Å². The van der Waals surface area contributed by atoms with Crippen molar-refractivity contribution in [2.75, 3.05) is 0 Å². The highest BCUT2D eigenvalue weighted by Crippen LogP contribution is 2.48. The molecule has 0 bridgehead atoms. The molecule has 29 heavy (non-hydrogen) atoms. The maximum Gasteiger partial charge on any atom is 0.0363 e. The quantitative estimate of drug-likeness (QED) is 0.144. The average Bonchev–Trinajstić information content (AvgIpc) is 3.34. The topological polar surface area (TPSA) is 0 Å². The fourth-order valence-electron chi connectivity index (χ4n) is 5.38. The number of benzene rings is 4. The van der Waals surface area contributed by atoms with E-state index in [1.807, 2.05) is 0 Å². The van der Waals surface area contributed by atoms with E-state index in [1.54, 1.807) is 0 Å². The van der Waals surface area contributed by atoms with Crippen LogP contribution in [0, 0.1) is 3.57 Å². The Hall–Kier alpha value is -1.40. The first-order valence-electron chi connectivity index (χ1n) is 10.3. The summed E-state index contributed by atoms with van der Waals surface area (Å²) in [6.45, 7) is 2.28. The average molecular weight is 598 g/mol. The minimum absolute atomic E-state index is 0.441. The second-order valence-electron chi connectivity index (χ2n) is 8.18. The zero-order valence-electron chi connectivity index (χ0n) is 16.2. The van der Waals surface area contributed by atoms with E-state index in [0.29, 0.717) is 9.84 Å². The van der Waals surface area contributed by atoms with Crippen molar-refractivity contribution in [2.45, 2.75) is 29.6 Å². The molecule has 2 atom stereocenters. The Kier molecular flexibility index (Phi) is 4.31. The van der Waals surface area contributed by atoms with Crippen molar-refractivity contribution in [3.8, 4) is 0 Å². The fourth-order valence-corrected chi connectivity index (χ4v) is 6.68. The van der Waals surface area contributed by atoms with Crippen LogP contribution in [0.1, 0.15) is 56.6 Å². The predicted octanol–water partition coefficient (Wildman–Crippen LogP) is 8.66. The van der Waals surface area contributed by atoms with E-state index in [2.05, 4.69) is 119 Å². The van der Waals surface area contributed by atoms with Crippen molar-refractivity contribution >= 4 is 78.9 Å². The summed E-state index contributed by atoms with van der Waals surface area (Å²) in [7, 11) is 0. The summed E-state index contributed by atoms with van der Waals surface area (Å²) in [6, 6.07) is 21.0. The molecule has 4 aromatic carbocycles. The van der Waals surface area contributed by atoms with Crippen LogP contribution in [0.5, 0.6) is 0 Å². The first-order chi connectivity index (χ1) is 14.2. The summed E-state index contributed by atoms with van der Waals surface area (Å²) >= 11 is 5.13. The Morgan fingerprint density at radius 2 is 1.59 bits per heavy atom. The van der Waals surface area contributed by atoms with Crippen molar-refractivity contribution in [3.05, 3.63) is 91.5 Å². The van der Waals surface area contributed by atoms with Gasteiger partial charge in [-0.1, -0.05) is 90.2 Å². The Balaban J connectivity index is 1.62. The molecule has 0 spiro atoms. The standard InChI is InChI=1S/C27H20I2/c1-2-23(28)18-11-12-20-22(14-17-4-3-5-19(18)26(17)20)21-10-8-15-6-7-16-9-13-24(29)27(21)25(15)16/h3-13,22-23H,2,14H2,1H3. The number of halogens is 2. The van der Waals surface area contributed by atoms with Gasteiger partial charge in [-0.25, -0.2) is 0 Å². The molecule has 0 aromatic heterocycles. The minimum Gasteiger partial charge on any atom is -0.0774 e. The van der Waals surface area contributed by atoms with E-state index in [0.717, 1.165) is 6.42 Å². The van der Waals surface area contributed by atoms with Crippen molar-refractivity contribution in [1.29, 1.82) is 0 Å². The van der Waals surface area contributed by atoms with Crippen LogP contribution in [0.25, 0.3) is 33.7 Å². The molecule has 0 heterocycles. The van der Waals surface area contributed by atoms with E-state index >= 15 is 0 Å². The van der Waals surface area contributed by atoms with Crippen LogP contribution in [0.3, 0.4) is 0 Å². The lowest BCUT2D eigenvalue weighted by Crippen LogP contribution is -2.02. The summed E-state index contributed by atoms with van der Waals surface area (Å²) in [5, 5.41) is 5.88. The minimum atomic E-state index is 0.441. The lowest BCUT2D eigenvalue weighted by Gasteiger charge is -2.19. The van der Waals surface area contributed by atoms with Gasteiger partial charge in [-0.15, -0.1) is 0 Å². The van der Waals surface area contributed by atoms with Gasteiger partial charge in [-0.05, 0) is 91.0 Å². The summed E-state index contributed by atoms with van der Waals surface area (Å²) in [4.78, 5) is 0. The second kappa shape index (κ2) is 6.81. The highest BCUT2D eigenvalue weighted by atomic mass is 127. The third kappa shape index (κ3) is 2.61. The first kappa shape index (κ1) is 18.4. The molecular formula is C27H20I2. The van der Waals surface area contributed by atoms with Crippen molar-refractivity contribution in [3.63, 3.8) is 0 Å². The first-order valence-corrected chi connectivity index (χ1v) is 12.6. The van der Waals surface area contributed by atoms with Crippen LogP contribution in [-0.4, -0.2) is 0 Å². The van der Waals surface area contributed by atoms with Crippen LogP contribution < -0.4 is 0 Å². The summed E-state index contributed by atoms with van der Waals surface area (Å²) in [6.07, 6.45) is 6.80. The van der Waals surface area contributed by atoms with Gasteiger partial charge in [0.25, 0.3) is 0 Å². The molecule has 4 aromatic rings. The van der Waals surface area contributed by atoms with Gasteiger partial charge < -0.3 is 0 Å². The van der Waals surface area contributed by atoms with Crippen LogP contribution >= 0.6 is 45.2 Å². The fraction of sp³-hybridized carbons (Fsp3) is 0.185. The van der Waals surface area contributed by atoms with Gasteiger partial charge in [0.1, 0.15) is 0 Å². The van der Waals surface area contributed by atoms with E-state index in [1.165, 1.54) is 64.9 Å². The number of hydrogen-bond acceptors (Lipinski definition) is 0. The zero-order valence-corrected chi connectivity index (χ0v) is 20.5. The van der Waals surface area contributed by atoms with Gasteiger partial charge in [-0.2, -0.15) is 0 Å². The smallest absolute Gasteiger partial charge is 0.0363 e. The molecule has 0 saturated carbocycles. The molecule has 2 aliphatic rings. The monoisotopic (exact) mass is 598 g/mol. The Labute approximate surface area is 198 Å². The summed E-state index contributed by atoms with van der Waals surface area (Å²) < 4.78 is 1.93. The van der Waals surface area contributed by atoms with Gasteiger partial charge in [0.2, 0.25) is 0 Å². The largest absolute Gasteiger partial charge is 0.0774 e. The predicted molar refractivity (Wildman–Crippen MR) is 142 cm³/mol. The summed E-state index contributed by atoms with van der Waals surface area (Å²) in [5.74, 6) is 0.441. The van der Waals surface area contributed by atoms with Crippen LogP contribution in [0.2, 0.25) is 0 Å². The third-order valence-corrected chi connectivity index (χ3v) is 9.16. The second-order valence-corrected chi connectivity index (χ2v) is 10.8. The molecule has 0 amide bonds. The molecule has 0 nitrogen and oxygen atoms in total. The molecule has 2 unspecified atom stereocenters. The molecule has 142 valence electrons. The van der Waals surface area contributed by atoms with E-state index in [4.69, 9.17) is 0 Å². The number of hydrogen-bond donors (Lipinski definition) is 0. The summed E-state index contributed by atoms with van der Waals surface area (Å²) in [5.41, 5.74) is 8.74. The van der Waals surface area contributed by atoms with E-state index < -0.39 is 0 Å². The van der Waals surface area contributed by atoms with Gasteiger partial charge in [-0.3, -0.25) is 0 Å². The molecule has 6 rings (SSSR count).